The maximum atomic E-state index is 12.9. The minimum absolute atomic E-state index is 0.270. The van der Waals surface area contributed by atoms with Crippen LogP contribution in [0.2, 0.25) is 0 Å². The van der Waals surface area contributed by atoms with E-state index in [4.69, 9.17) is 9.47 Å². The Morgan fingerprint density at radius 3 is 2.05 bits per heavy atom. The van der Waals surface area contributed by atoms with Crippen molar-refractivity contribution in [3.8, 4) is 17.2 Å². The number of halogens is 3. The van der Waals surface area contributed by atoms with E-state index in [1.54, 1.807) is 24.3 Å². The third-order valence-electron chi connectivity index (χ3n) is 2.85. The number of hydrogen-bond donors (Lipinski definition) is 0. The summed E-state index contributed by atoms with van der Waals surface area (Å²) in [7, 11) is 2.70. The average molecular weight is 286 g/mol. The topological polar surface area (TPSA) is 36.3 Å². The first-order chi connectivity index (χ1) is 9.38. The van der Waals surface area contributed by atoms with Gasteiger partial charge in [-0.2, -0.15) is 18.3 Å². The highest BCUT2D eigenvalue weighted by molar-refractivity contribution is 5.43. The van der Waals surface area contributed by atoms with Gasteiger partial charge in [-0.25, -0.2) is 4.68 Å². The predicted molar refractivity (Wildman–Crippen MR) is 66.4 cm³/mol. The molecule has 0 aliphatic heterocycles. The lowest BCUT2D eigenvalue weighted by Crippen LogP contribution is -2.08. The SMILES string of the molecule is COc1ccc(-n2nc(C(F)(F)F)c(OC)c2C)cc1. The molecule has 0 unspecified atom stereocenters. The molecule has 0 saturated heterocycles. The Morgan fingerprint density at radius 1 is 1.05 bits per heavy atom. The Hall–Kier alpha value is -2.18. The first-order valence-electron chi connectivity index (χ1n) is 5.73. The second-order valence-corrected chi connectivity index (χ2v) is 4.07. The number of methoxy groups -OCH3 is 2. The molecular formula is C13H13F3N2O2. The van der Waals surface area contributed by atoms with Gasteiger partial charge in [-0.15, -0.1) is 0 Å². The Balaban J connectivity index is 2.54. The Kier molecular flexibility index (Phi) is 3.61. The maximum Gasteiger partial charge on any atom is 0.438 e. The largest absolute Gasteiger partial charge is 0.497 e. The molecule has 0 N–H and O–H groups in total. The fourth-order valence-electron chi connectivity index (χ4n) is 1.89. The molecule has 1 heterocycles. The van der Waals surface area contributed by atoms with Gasteiger partial charge in [0, 0.05) is 0 Å². The molecule has 2 rings (SSSR count). The third-order valence-corrected chi connectivity index (χ3v) is 2.85. The first kappa shape index (κ1) is 14.2. The van der Waals surface area contributed by atoms with Crippen molar-refractivity contribution in [2.45, 2.75) is 13.1 Å². The molecule has 0 saturated carbocycles. The van der Waals surface area contributed by atoms with Gasteiger partial charge in [0.2, 0.25) is 5.69 Å². The molecule has 1 aromatic carbocycles. The molecule has 0 bridgehead atoms. The molecule has 0 aliphatic carbocycles. The molecule has 108 valence electrons. The fourth-order valence-corrected chi connectivity index (χ4v) is 1.89. The number of benzene rings is 1. The van der Waals surface area contributed by atoms with Crippen LogP contribution in [0.5, 0.6) is 11.5 Å². The fraction of sp³-hybridized carbons (Fsp3) is 0.308. The molecule has 0 aliphatic rings. The van der Waals surface area contributed by atoms with Crippen LogP contribution < -0.4 is 9.47 Å². The van der Waals surface area contributed by atoms with Gasteiger partial charge in [0.25, 0.3) is 0 Å². The average Bonchev–Trinajstić information content (AvgIpc) is 2.76. The van der Waals surface area contributed by atoms with Crippen LogP contribution in [-0.2, 0) is 6.18 Å². The zero-order chi connectivity index (χ0) is 14.9. The van der Waals surface area contributed by atoms with Gasteiger partial charge in [0.05, 0.1) is 25.6 Å². The molecule has 7 heteroatoms. The van der Waals surface area contributed by atoms with Crippen LogP contribution in [0.3, 0.4) is 0 Å². The lowest BCUT2D eigenvalue weighted by Gasteiger charge is -2.06. The van der Waals surface area contributed by atoms with Crippen molar-refractivity contribution in [1.29, 1.82) is 0 Å². The Morgan fingerprint density at radius 2 is 1.65 bits per heavy atom. The van der Waals surface area contributed by atoms with E-state index in [1.165, 1.54) is 25.8 Å². The van der Waals surface area contributed by atoms with E-state index in [-0.39, 0.29) is 11.4 Å². The molecule has 20 heavy (non-hydrogen) atoms. The number of aromatic nitrogens is 2. The summed E-state index contributed by atoms with van der Waals surface area (Å²) in [5.41, 5.74) is -0.254. The predicted octanol–water partition coefficient (Wildman–Crippen LogP) is 3.22. The van der Waals surface area contributed by atoms with Gasteiger partial charge in [-0.3, -0.25) is 0 Å². The zero-order valence-electron chi connectivity index (χ0n) is 11.2. The van der Waals surface area contributed by atoms with E-state index in [0.29, 0.717) is 11.4 Å². The molecule has 0 amide bonds. The monoisotopic (exact) mass is 286 g/mol. The summed E-state index contributed by atoms with van der Waals surface area (Å²) in [5, 5.41) is 3.60. The summed E-state index contributed by atoms with van der Waals surface area (Å²) in [4.78, 5) is 0. The van der Waals surface area contributed by atoms with Crippen molar-refractivity contribution < 1.29 is 22.6 Å². The second kappa shape index (κ2) is 5.07. The summed E-state index contributed by atoms with van der Waals surface area (Å²) in [5.74, 6) is 0.342. The quantitative estimate of drug-likeness (QED) is 0.869. The lowest BCUT2D eigenvalue weighted by molar-refractivity contribution is -0.142. The highest BCUT2D eigenvalue weighted by atomic mass is 19.4. The lowest BCUT2D eigenvalue weighted by atomic mass is 10.3. The number of nitrogens with zero attached hydrogens (tertiary/aromatic N) is 2. The number of alkyl halides is 3. The van der Waals surface area contributed by atoms with Gasteiger partial charge >= 0.3 is 6.18 Å². The summed E-state index contributed by atoms with van der Waals surface area (Å²) in [6, 6.07) is 6.54. The van der Waals surface area contributed by atoms with Crippen LogP contribution in [0.15, 0.2) is 24.3 Å². The van der Waals surface area contributed by atoms with E-state index in [2.05, 4.69) is 5.10 Å². The minimum Gasteiger partial charge on any atom is -0.497 e. The summed E-state index contributed by atoms with van der Waals surface area (Å²) in [6.07, 6.45) is -4.56. The van der Waals surface area contributed by atoms with Crippen LogP contribution in [-0.4, -0.2) is 24.0 Å². The van der Waals surface area contributed by atoms with Crippen molar-refractivity contribution in [1.82, 2.24) is 9.78 Å². The van der Waals surface area contributed by atoms with Crippen molar-refractivity contribution >= 4 is 0 Å². The molecular weight excluding hydrogens is 273 g/mol. The molecule has 0 fully saturated rings. The van der Waals surface area contributed by atoms with E-state index >= 15 is 0 Å². The molecule has 0 atom stereocenters. The first-order valence-corrected chi connectivity index (χ1v) is 5.73. The number of hydrogen-bond acceptors (Lipinski definition) is 3. The van der Waals surface area contributed by atoms with Crippen molar-refractivity contribution in [3.05, 3.63) is 35.7 Å². The van der Waals surface area contributed by atoms with Gasteiger partial charge in [-0.1, -0.05) is 0 Å². The molecule has 0 radical (unpaired) electrons. The normalized spacial score (nSPS) is 11.5. The highest BCUT2D eigenvalue weighted by Gasteiger charge is 2.39. The zero-order valence-corrected chi connectivity index (χ0v) is 11.2. The molecule has 2 aromatic rings. The third kappa shape index (κ3) is 2.43. The van der Waals surface area contributed by atoms with E-state index in [1.807, 2.05) is 0 Å². The van der Waals surface area contributed by atoms with Gasteiger partial charge in [-0.05, 0) is 31.2 Å². The highest BCUT2D eigenvalue weighted by Crippen LogP contribution is 2.38. The molecule has 1 aromatic heterocycles. The van der Waals surface area contributed by atoms with Crippen LogP contribution in [0.4, 0.5) is 13.2 Å². The Labute approximate surface area is 113 Å². The van der Waals surface area contributed by atoms with E-state index in [9.17, 15) is 13.2 Å². The van der Waals surface area contributed by atoms with Gasteiger partial charge in [0.15, 0.2) is 5.75 Å². The maximum absolute atomic E-state index is 12.9. The van der Waals surface area contributed by atoms with E-state index < -0.39 is 11.9 Å². The van der Waals surface area contributed by atoms with Crippen LogP contribution in [0.25, 0.3) is 5.69 Å². The van der Waals surface area contributed by atoms with Crippen molar-refractivity contribution in [2.24, 2.45) is 0 Å². The molecule has 4 nitrogen and oxygen atoms in total. The summed E-state index contributed by atoms with van der Waals surface area (Å²) < 4.78 is 49.7. The van der Waals surface area contributed by atoms with Crippen molar-refractivity contribution in [2.75, 3.05) is 14.2 Å². The van der Waals surface area contributed by atoms with Gasteiger partial charge < -0.3 is 9.47 Å². The Bertz CT molecular complexity index is 603. The number of rotatable bonds is 3. The van der Waals surface area contributed by atoms with Gasteiger partial charge in [0.1, 0.15) is 5.75 Å². The van der Waals surface area contributed by atoms with Crippen LogP contribution in [0, 0.1) is 6.92 Å². The minimum atomic E-state index is -4.56. The summed E-state index contributed by atoms with van der Waals surface area (Å²) in [6.45, 7) is 1.52. The van der Waals surface area contributed by atoms with Crippen LogP contribution in [0.1, 0.15) is 11.4 Å². The second-order valence-electron chi connectivity index (χ2n) is 4.07. The molecule has 0 spiro atoms. The number of ether oxygens (including phenoxy) is 2. The van der Waals surface area contributed by atoms with E-state index in [0.717, 1.165) is 0 Å². The standard InChI is InChI=1S/C13H13F3N2O2/c1-8-11(20-3)12(13(14,15)16)17-18(8)9-4-6-10(19-2)7-5-9/h4-7H,1-3H3. The van der Waals surface area contributed by atoms with Crippen molar-refractivity contribution in [3.63, 3.8) is 0 Å². The summed E-state index contributed by atoms with van der Waals surface area (Å²) >= 11 is 0. The van der Waals surface area contributed by atoms with Crippen LogP contribution >= 0.6 is 0 Å². The smallest absolute Gasteiger partial charge is 0.438 e.